The minimum absolute atomic E-state index is 0.235. The van der Waals surface area contributed by atoms with E-state index in [1.165, 1.54) is 25.8 Å². The molecule has 0 aromatic heterocycles. The van der Waals surface area contributed by atoms with Crippen molar-refractivity contribution in [2.45, 2.75) is 6.54 Å². The molecule has 2 aliphatic heterocycles. The van der Waals surface area contributed by atoms with Crippen LogP contribution in [-0.4, -0.2) is 74.0 Å². The molecule has 0 saturated carbocycles. The first kappa shape index (κ1) is 22.8. The molecule has 1 fully saturated rings. The van der Waals surface area contributed by atoms with E-state index < -0.39 is 11.9 Å². The van der Waals surface area contributed by atoms with Gasteiger partial charge in [-0.3, -0.25) is 4.90 Å². The summed E-state index contributed by atoms with van der Waals surface area (Å²) in [5, 5.41) is 3.66. The van der Waals surface area contributed by atoms with Crippen LogP contribution in [0.15, 0.2) is 36.4 Å². The van der Waals surface area contributed by atoms with Crippen LogP contribution in [0, 0.1) is 0 Å². The summed E-state index contributed by atoms with van der Waals surface area (Å²) in [6.07, 6.45) is 0. The third-order valence-electron chi connectivity index (χ3n) is 5.53. The average molecular weight is 472 g/mol. The van der Waals surface area contributed by atoms with Gasteiger partial charge in [0, 0.05) is 38.4 Å². The van der Waals surface area contributed by atoms with Crippen LogP contribution >= 0.6 is 12.2 Å². The first-order valence-corrected chi connectivity index (χ1v) is 10.9. The zero-order valence-electron chi connectivity index (χ0n) is 18.5. The Morgan fingerprint density at radius 1 is 0.939 bits per heavy atom. The number of piperazine rings is 1. The summed E-state index contributed by atoms with van der Waals surface area (Å²) < 4.78 is 20.4. The number of esters is 2. The molecule has 0 spiro atoms. The Labute approximate surface area is 197 Å². The van der Waals surface area contributed by atoms with Crippen LogP contribution in [-0.2, 0) is 16.0 Å². The molecule has 9 nitrogen and oxygen atoms in total. The van der Waals surface area contributed by atoms with Crippen molar-refractivity contribution in [2.24, 2.45) is 0 Å². The summed E-state index contributed by atoms with van der Waals surface area (Å²) in [6, 6.07) is 10.6. The molecule has 2 aliphatic rings. The SMILES string of the molecule is COC(=O)c1cc(NC(=S)N2CCN(Cc3ccc4c(c3)OCO4)CC2)cc(C(=O)OC)c1. The maximum atomic E-state index is 12.0. The zero-order chi connectivity index (χ0) is 23.4. The molecule has 2 aromatic rings. The summed E-state index contributed by atoms with van der Waals surface area (Å²) in [6.45, 7) is 4.26. The van der Waals surface area contributed by atoms with Crippen molar-refractivity contribution < 1.29 is 28.5 Å². The van der Waals surface area contributed by atoms with Crippen LogP contribution in [0.2, 0.25) is 0 Å². The quantitative estimate of drug-likeness (QED) is 0.518. The topological polar surface area (TPSA) is 89.6 Å². The van der Waals surface area contributed by atoms with E-state index in [1.54, 1.807) is 12.1 Å². The Kier molecular flexibility index (Phi) is 6.95. The van der Waals surface area contributed by atoms with Gasteiger partial charge in [0.05, 0.1) is 25.3 Å². The normalized spacial score (nSPS) is 15.2. The second-order valence-corrected chi connectivity index (χ2v) is 8.05. The van der Waals surface area contributed by atoms with Crippen molar-refractivity contribution in [1.82, 2.24) is 9.80 Å². The lowest BCUT2D eigenvalue weighted by molar-refractivity contribution is 0.0599. The van der Waals surface area contributed by atoms with Crippen LogP contribution in [0.5, 0.6) is 11.5 Å². The minimum atomic E-state index is -0.549. The fourth-order valence-electron chi connectivity index (χ4n) is 3.78. The molecule has 0 amide bonds. The van der Waals surface area contributed by atoms with Gasteiger partial charge in [-0.05, 0) is 48.1 Å². The van der Waals surface area contributed by atoms with E-state index >= 15 is 0 Å². The number of hydrogen-bond acceptors (Lipinski definition) is 8. The smallest absolute Gasteiger partial charge is 0.337 e. The van der Waals surface area contributed by atoms with E-state index in [-0.39, 0.29) is 17.9 Å². The van der Waals surface area contributed by atoms with Crippen LogP contribution in [0.3, 0.4) is 0 Å². The Bertz CT molecular complexity index is 1030. The number of nitrogens with one attached hydrogen (secondary N) is 1. The lowest BCUT2D eigenvalue weighted by Gasteiger charge is -2.36. The maximum Gasteiger partial charge on any atom is 0.337 e. The van der Waals surface area contributed by atoms with Gasteiger partial charge in [0.1, 0.15) is 0 Å². The summed E-state index contributed by atoms with van der Waals surface area (Å²) in [5.41, 5.74) is 2.16. The Morgan fingerprint density at radius 2 is 1.58 bits per heavy atom. The van der Waals surface area contributed by atoms with Gasteiger partial charge >= 0.3 is 11.9 Å². The number of rotatable bonds is 5. The Hall–Kier alpha value is -3.37. The highest BCUT2D eigenvalue weighted by Crippen LogP contribution is 2.32. The van der Waals surface area contributed by atoms with Crippen molar-refractivity contribution in [1.29, 1.82) is 0 Å². The van der Waals surface area contributed by atoms with Gasteiger partial charge in [-0.25, -0.2) is 9.59 Å². The lowest BCUT2D eigenvalue weighted by atomic mass is 10.1. The summed E-state index contributed by atoms with van der Waals surface area (Å²) in [5.74, 6) is 0.474. The van der Waals surface area contributed by atoms with Gasteiger partial charge < -0.3 is 29.2 Å². The second kappa shape index (κ2) is 10.1. The van der Waals surface area contributed by atoms with Gasteiger partial charge in [-0.2, -0.15) is 0 Å². The molecule has 0 unspecified atom stereocenters. The molecule has 1 N–H and O–H groups in total. The molecule has 0 bridgehead atoms. The number of ether oxygens (including phenoxy) is 4. The predicted molar refractivity (Wildman–Crippen MR) is 125 cm³/mol. The summed E-state index contributed by atoms with van der Waals surface area (Å²) in [7, 11) is 2.57. The largest absolute Gasteiger partial charge is 0.465 e. The van der Waals surface area contributed by atoms with E-state index in [0.29, 0.717) is 10.8 Å². The molecule has 33 heavy (non-hydrogen) atoms. The van der Waals surface area contributed by atoms with Crippen LogP contribution in [0.4, 0.5) is 5.69 Å². The number of carbonyl (C=O) groups excluding carboxylic acids is 2. The van der Waals surface area contributed by atoms with Crippen molar-refractivity contribution in [2.75, 3.05) is 52.5 Å². The fourth-order valence-corrected chi connectivity index (χ4v) is 4.08. The summed E-state index contributed by atoms with van der Waals surface area (Å²) in [4.78, 5) is 28.4. The van der Waals surface area contributed by atoms with Crippen LogP contribution in [0.1, 0.15) is 26.3 Å². The third kappa shape index (κ3) is 5.35. The fraction of sp³-hybridized carbons (Fsp3) is 0.348. The third-order valence-corrected chi connectivity index (χ3v) is 5.89. The highest BCUT2D eigenvalue weighted by atomic mass is 32.1. The molecule has 2 aromatic carbocycles. The number of carbonyl (C=O) groups is 2. The molecule has 4 rings (SSSR count). The van der Waals surface area contributed by atoms with Crippen molar-refractivity contribution in [3.8, 4) is 11.5 Å². The molecular weight excluding hydrogens is 446 g/mol. The molecule has 10 heteroatoms. The maximum absolute atomic E-state index is 12.0. The van der Waals surface area contributed by atoms with Gasteiger partial charge in [0.25, 0.3) is 0 Å². The zero-order valence-corrected chi connectivity index (χ0v) is 19.3. The molecule has 0 radical (unpaired) electrons. The molecule has 0 aliphatic carbocycles. The van der Waals surface area contributed by atoms with E-state index in [0.717, 1.165) is 44.2 Å². The molecule has 1 saturated heterocycles. The number of fused-ring (bicyclic) bond motifs is 1. The number of methoxy groups -OCH3 is 2. The van der Waals surface area contributed by atoms with E-state index in [9.17, 15) is 9.59 Å². The Balaban J connectivity index is 1.36. The van der Waals surface area contributed by atoms with Crippen LogP contribution in [0.25, 0.3) is 0 Å². The number of thiocarbonyl (C=S) groups is 1. The molecule has 2 heterocycles. The van der Waals surface area contributed by atoms with Gasteiger partial charge in [-0.15, -0.1) is 0 Å². The van der Waals surface area contributed by atoms with E-state index in [4.69, 9.17) is 31.2 Å². The first-order valence-electron chi connectivity index (χ1n) is 10.5. The number of benzene rings is 2. The first-order chi connectivity index (χ1) is 16.0. The van der Waals surface area contributed by atoms with Crippen molar-refractivity contribution in [3.63, 3.8) is 0 Å². The lowest BCUT2D eigenvalue weighted by Crippen LogP contribution is -2.49. The van der Waals surface area contributed by atoms with Crippen LogP contribution < -0.4 is 14.8 Å². The van der Waals surface area contributed by atoms with E-state index in [2.05, 4.69) is 21.2 Å². The van der Waals surface area contributed by atoms with Gasteiger partial charge in [0.2, 0.25) is 6.79 Å². The molecule has 174 valence electrons. The Morgan fingerprint density at radius 3 is 2.21 bits per heavy atom. The van der Waals surface area contributed by atoms with Gasteiger partial charge in [0.15, 0.2) is 16.6 Å². The van der Waals surface area contributed by atoms with Crippen molar-refractivity contribution in [3.05, 3.63) is 53.1 Å². The highest BCUT2D eigenvalue weighted by Gasteiger charge is 2.21. The number of anilines is 1. The second-order valence-electron chi connectivity index (χ2n) is 7.66. The monoisotopic (exact) mass is 471 g/mol. The van der Waals surface area contributed by atoms with E-state index in [1.807, 2.05) is 12.1 Å². The predicted octanol–water partition coefficient (Wildman–Crippen LogP) is 2.50. The van der Waals surface area contributed by atoms with Gasteiger partial charge in [-0.1, -0.05) is 6.07 Å². The number of hydrogen-bond donors (Lipinski definition) is 1. The molecular formula is C23H25N3O6S. The van der Waals surface area contributed by atoms with Crippen molar-refractivity contribution >= 4 is 35.0 Å². The number of nitrogens with zero attached hydrogens (tertiary/aromatic N) is 2. The molecule has 0 atom stereocenters. The summed E-state index contributed by atoms with van der Waals surface area (Å²) >= 11 is 5.59. The standard InChI is InChI=1S/C23H25N3O6S/c1-29-21(27)16-10-17(22(28)30-2)12-18(11-16)24-23(33)26-7-5-25(6-8-26)13-15-3-4-19-20(9-15)32-14-31-19/h3-4,9-12H,5-8,13-14H2,1-2H3,(H,24,33). The highest BCUT2D eigenvalue weighted by molar-refractivity contribution is 7.80. The average Bonchev–Trinajstić information content (AvgIpc) is 3.31. The minimum Gasteiger partial charge on any atom is -0.465 e.